The van der Waals surface area contributed by atoms with Crippen LogP contribution in [0, 0.1) is 12.8 Å². The second-order valence-corrected chi connectivity index (χ2v) is 7.02. The van der Waals surface area contributed by atoms with Gasteiger partial charge in [-0.2, -0.15) is 0 Å². The Balaban J connectivity index is 1.94. The summed E-state index contributed by atoms with van der Waals surface area (Å²) in [6, 6.07) is 6.31. The largest absolute Gasteiger partial charge is 0.481 e. The molecule has 0 aliphatic carbocycles. The fourth-order valence-corrected chi connectivity index (χ4v) is 3.16. The number of amides is 1. The van der Waals surface area contributed by atoms with Crippen molar-refractivity contribution in [2.75, 3.05) is 13.1 Å². The molecule has 23 heavy (non-hydrogen) atoms. The number of nitrogens with one attached hydrogen (secondary N) is 2. The summed E-state index contributed by atoms with van der Waals surface area (Å²) in [5, 5.41) is 6.47. The van der Waals surface area contributed by atoms with Crippen LogP contribution < -0.4 is 15.4 Å². The fourth-order valence-electron chi connectivity index (χ4n) is 3.16. The third kappa shape index (κ3) is 4.71. The van der Waals surface area contributed by atoms with Crippen LogP contribution in [0.4, 0.5) is 0 Å². The lowest BCUT2D eigenvalue weighted by atomic mass is 9.95. The first-order valence-corrected chi connectivity index (χ1v) is 8.66. The Kier molecular flexibility index (Phi) is 6.05. The van der Waals surface area contributed by atoms with E-state index in [1.54, 1.807) is 0 Å². The summed E-state index contributed by atoms with van der Waals surface area (Å²) in [6.07, 6.45) is 0.489. The van der Waals surface area contributed by atoms with Crippen molar-refractivity contribution >= 4 is 5.91 Å². The molecule has 4 heteroatoms. The molecule has 0 radical (unpaired) electrons. The van der Waals surface area contributed by atoms with Crippen LogP contribution in [-0.4, -0.2) is 31.1 Å². The van der Waals surface area contributed by atoms with Crippen molar-refractivity contribution in [3.05, 3.63) is 29.3 Å². The van der Waals surface area contributed by atoms with Gasteiger partial charge in [-0.1, -0.05) is 26.8 Å². The van der Waals surface area contributed by atoms with E-state index < -0.39 is 6.10 Å². The maximum atomic E-state index is 12.4. The second-order valence-electron chi connectivity index (χ2n) is 7.02. The van der Waals surface area contributed by atoms with Gasteiger partial charge in [-0.15, -0.1) is 0 Å². The number of carbonyl (C=O) groups excluding carboxylic acids is 1. The number of rotatable bonds is 5. The van der Waals surface area contributed by atoms with Crippen LogP contribution in [0.5, 0.6) is 5.75 Å². The van der Waals surface area contributed by atoms with Gasteiger partial charge in [0.2, 0.25) is 0 Å². The molecule has 0 saturated carbocycles. The molecule has 1 aromatic carbocycles. The highest BCUT2D eigenvalue weighted by Crippen LogP contribution is 2.24. The van der Waals surface area contributed by atoms with Crippen molar-refractivity contribution in [2.24, 2.45) is 5.92 Å². The van der Waals surface area contributed by atoms with Crippen molar-refractivity contribution in [1.82, 2.24) is 10.6 Å². The van der Waals surface area contributed by atoms with Crippen LogP contribution in [0.3, 0.4) is 0 Å². The molecular weight excluding hydrogens is 288 g/mol. The minimum atomic E-state index is -0.485. The Morgan fingerprint density at radius 1 is 1.35 bits per heavy atom. The van der Waals surface area contributed by atoms with Crippen molar-refractivity contribution in [3.8, 4) is 5.75 Å². The minimum Gasteiger partial charge on any atom is -0.481 e. The maximum absolute atomic E-state index is 12.4. The molecule has 0 spiro atoms. The summed E-state index contributed by atoms with van der Waals surface area (Å²) >= 11 is 0. The SMILES string of the molecule is Cc1cc(OC(C)C(=O)NC2CCNCC2C)ccc1C(C)C. The highest BCUT2D eigenvalue weighted by atomic mass is 16.5. The van der Waals surface area contributed by atoms with E-state index in [4.69, 9.17) is 4.74 Å². The third-order valence-corrected chi connectivity index (χ3v) is 4.66. The maximum Gasteiger partial charge on any atom is 0.261 e. The summed E-state index contributed by atoms with van der Waals surface area (Å²) in [5.74, 6) is 1.67. The van der Waals surface area contributed by atoms with E-state index in [-0.39, 0.29) is 11.9 Å². The zero-order chi connectivity index (χ0) is 17.0. The molecule has 1 aliphatic rings. The molecule has 0 aromatic heterocycles. The molecule has 4 nitrogen and oxygen atoms in total. The van der Waals surface area contributed by atoms with E-state index in [0.717, 1.165) is 25.3 Å². The number of piperidine rings is 1. The zero-order valence-corrected chi connectivity index (χ0v) is 15.0. The van der Waals surface area contributed by atoms with Gasteiger partial charge in [0.1, 0.15) is 5.75 Å². The van der Waals surface area contributed by atoms with E-state index in [9.17, 15) is 4.79 Å². The molecule has 2 N–H and O–H groups in total. The summed E-state index contributed by atoms with van der Waals surface area (Å²) in [7, 11) is 0. The molecule has 2 rings (SSSR count). The average Bonchev–Trinajstić information content (AvgIpc) is 2.49. The van der Waals surface area contributed by atoms with Gasteiger partial charge in [0.05, 0.1) is 0 Å². The first kappa shape index (κ1) is 17.8. The average molecular weight is 318 g/mol. The summed E-state index contributed by atoms with van der Waals surface area (Å²) in [6.45, 7) is 12.3. The molecule has 3 atom stereocenters. The molecule has 1 fully saturated rings. The fraction of sp³-hybridized carbons (Fsp3) is 0.632. The smallest absolute Gasteiger partial charge is 0.261 e. The van der Waals surface area contributed by atoms with Crippen molar-refractivity contribution < 1.29 is 9.53 Å². The molecule has 1 amide bonds. The summed E-state index contributed by atoms with van der Waals surface area (Å²) in [4.78, 5) is 12.4. The lowest BCUT2D eigenvalue weighted by Gasteiger charge is -2.31. The van der Waals surface area contributed by atoms with Gasteiger partial charge in [-0.3, -0.25) is 4.79 Å². The summed E-state index contributed by atoms with van der Waals surface area (Å²) in [5.41, 5.74) is 2.52. The highest BCUT2D eigenvalue weighted by molar-refractivity contribution is 5.81. The Morgan fingerprint density at radius 3 is 2.70 bits per heavy atom. The monoisotopic (exact) mass is 318 g/mol. The van der Waals surface area contributed by atoms with E-state index in [0.29, 0.717) is 11.8 Å². The van der Waals surface area contributed by atoms with E-state index in [1.807, 2.05) is 19.1 Å². The van der Waals surface area contributed by atoms with Gasteiger partial charge >= 0.3 is 0 Å². The van der Waals surface area contributed by atoms with Gasteiger partial charge in [-0.05, 0) is 68.5 Å². The first-order chi connectivity index (χ1) is 10.9. The van der Waals surface area contributed by atoms with Crippen LogP contribution in [-0.2, 0) is 4.79 Å². The number of ether oxygens (including phenoxy) is 1. The van der Waals surface area contributed by atoms with Gasteiger partial charge in [-0.25, -0.2) is 0 Å². The molecule has 0 bridgehead atoms. The van der Waals surface area contributed by atoms with E-state index in [2.05, 4.69) is 44.4 Å². The summed E-state index contributed by atoms with van der Waals surface area (Å²) < 4.78 is 5.84. The normalized spacial score (nSPS) is 22.7. The van der Waals surface area contributed by atoms with Crippen molar-refractivity contribution in [1.29, 1.82) is 0 Å². The standard InChI is InChI=1S/C19H30N2O2/c1-12(2)17-7-6-16(10-13(17)3)23-15(5)19(22)21-18-8-9-20-11-14(18)4/h6-7,10,12,14-15,18,20H,8-9,11H2,1-5H3,(H,21,22). The number of hydrogen-bond acceptors (Lipinski definition) is 3. The molecule has 1 saturated heterocycles. The lowest BCUT2D eigenvalue weighted by molar-refractivity contribution is -0.128. The van der Waals surface area contributed by atoms with Crippen LogP contribution in [0.25, 0.3) is 0 Å². The Hall–Kier alpha value is -1.55. The Morgan fingerprint density at radius 2 is 2.09 bits per heavy atom. The molecular formula is C19H30N2O2. The predicted octanol–water partition coefficient (Wildman–Crippen LogP) is 3.00. The van der Waals surface area contributed by atoms with E-state index in [1.165, 1.54) is 11.1 Å². The Labute approximate surface area is 140 Å². The van der Waals surface area contributed by atoms with Gasteiger partial charge in [0.15, 0.2) is 6.10 Å². The first-order valence-electron chi connectivity index (χ1n) is 8.66. The highest BCUT2D eigenvalue weighted by Gasteiger charge is 2.25. The molecule has 1 aromatic rings. The number of aryl methyl sites for hydroxylation is 1. The number of hydrogen-bond donors (Lipinski definition) is 2. The molecule has 1 heterocycles. The molecule has 1 aliphatic heterocycles. The van der Waals surface area contributed by atoms with Crippen LogP contribution in [0.15, 0.2) is 18.2 Å². The predicted molar refractivity (Wildman–Crippen MR) is 93.9 cm³/mol. The second kappa shape index (κ2) is 7.82. The van der Waals surface area contributed by atoms with Crippen molar-refractivity contribution in [3.63, 3.8) is 0 Å². The zero-order valence-electron chi connectivity index (χ0n) is 15.0. The van der Waals surface area contributed by atoms with Crippen LogP contribution in [0.2, 0.25) is 0 Å². The van der Waals surface area contributed by atoms with Gasteiger partial charge in [0, 0.05) is 6.04 Å². The Bertz CT molecular complexity index is 542. The lowest BCUT2D eigenvalue weighted by Crippen LogP contribution is -2.51. The van der Waals surface area contributed by atoms with Crippen LogP contribution in [0.1, 0.15) is 51.2 Å². The van der Waals surface area contributed by atoms with Crippen molar-refractivity contribution in [2.45, 2.75) is 59.1 Å². The third-order valence-electron chi connectivity index (χ3n) is 4.66. The number of benzene rings is 1. The topological polar surface area (TPSA) is 50.4 Å². The minimum absolute atomic E-state index is 0.0330. The quantitative estimate of drug-likeness (QED) is 0.877. The van der Waals surface area contributed by atoms with E-state index >= 15 is 0 Å². The molecule has 128 valence electrons. The van der Waals surface area contributed by atoms with Gasteiger partial charge < -0.3 is 15.4 Å². The van der Waals surface area contributed by atoms with Crippen LogP contribution >= 0.6 is 0 Å². The van der Waals surface area contributed by atoms with Gasteiger partial charge in [0.25, 0.3) is 5.91 Å². The molecule has 3 unspecified atom stereocenters. The number of carbonyl (C=O) groups is 1.